The lowest BCUT2D eigenvalue weighted by Crippen LogP contribution is -2.28. The van der Waals surface area contributed by atoms with Gasteiger partial charge in [0.15, 0.2) is 0 Å². The minimum atomic E-state index is -2.47. The summed E-state index contributed by atoms with van der Waals surface area (Å²) in [4.78, 5) is 4.89. The van der Waals surface area contributed by atoms with Gasteiger partial charge in [0.05, 0.1) is 11.0 Å². The van der Waals surface area contributed by atoms with Crippen molar-refractivity contribution in [1.82, 2.24) is 9.55 Å². The maximum absolute atomic E-state index is 13.5. The summed E-state index contributed by atoms with van der Waals surface area (Å²) in [6.07, 6.45) is 3.18. The van der Waals surface area contributed by atoms with Gasteiger partial charge in [-0.25, -0.2) is 13.8 Å². The fourth-order valence-electron chi connectivity index (χ4n) is 3.61. The highest BCUT2D eigenvalue weighted by Crippen LogP contribution is 2.38. The average molecular weight is 368 g/mol. The number of benzene rings is 1. The zero-order chi connectivity index (χ0) is 18.2. The van der Waals surface area contributed by atoms with E-state index < -0.39 is 5.92 Å². The van der Waals surface area contributed by atoms with Crippen molar-refractivity contribution >= 4 is 28.7 Å². The van der Waals surface area contributed by atoms with Gasteiger partial charge in [-0.3, -0.25) is 0 Å². The lowest BCUT2D eigenvalue weighted by molar-refractivity contribution is -0.0473. The normalized spacial score (nSPS) is 18.6. The summed E-state index contributed by atoms with van der Waals surface area (Å²) in [7, 11) is 0. The van der Waals surface area contributed by atoms with E-state index in [4.69, 9.17) is 4.98 Å². The van der Waals surface area contributed by atoms with Crippen molar-refractivity contribution in [2.75, 3.05) is 11.0 Å². The van der Waals surface area contributed by atoms with Gasteiger partial charge in [0.1, 0.15) is 5.82 Å². The molecule has 0 unspecified atom stereocenters. The number of nitrogens with one attached hydrogen (secondary N) is 1. The van der Waals surface area contributed by atoms with Crippen LogP contribution in [-0.4, -0.2) is 21.7 Å². The van der Waals surface area contributed by atoms with Crippen molar-refractivity contribution in [3.63, 3.8) is 0 Å². The Labute approximate surface area is 152 Å². The van der Waals surface area contributed by atoms with E-state index in [1.807, 2.05) is 6.26 Å². The molecule has 1 heterocycles. The minimum Gasteiger partial charge on any atom is -0.330 e. The Bertz CT molecular complexity index is 739. The molecule has 0 atom stereocenters. The van der Waals surface area contributed by atoms with Gasteiger partial charge in [-0.1, -0.05) is 32.7 Å². The van der Waals surface area contributed by atoms with Gasteiger partial charge in [0.25, 0.3) is 0 Å². The van der Waals surface area contributed by atoms with E-state index in [9.17, 15) is 8.78 Å². The van der Waals surface area contributed by atoms with Crippen LogP contribution in [0, 0.1) is 5.92 Å². The number of hydrogen-bond acceptors (Lipinski definition) is 3. The lowest BCUT2D eigenvalue weighted by atomic mass is 9.86. The van der Waals surface area contributed by atoms with Crippen LogP contribution in [0.3, 0.4) is 0 Å². The standard InChI is InChI=1S/C19H27F2N3S/c1-18(2,3)17-22-15-11-14(23-25-4)5-6-16(15)24(17)12-13-7-9-19(20,21)10-8-13/h5-6,11,13,23H,7-10,12H2,1-4H3. The summed E-state index contributed by atoms with van der Waals surface area (Å²) in [5.41, 5.74) is 2.99. The van der Waals surface area contributed by atoms with Gasteiger partial charge in [0.2, 0.25) is 5.92 Å². The summed E-state index contributed by atoms with van der Waals surface area (Å²) in [5.74, 6) is -1.15. The zero-order valence-corrected chi connectivity index (χ0v) is 16.2. The molecule has 25 heavy (non-hydrogen) atoms. The Morgan fingerprint density at radius 3 is 2.56 bits per heavy atom. The quantitative estimate of drug-likeness (QED) is 0.688. The van der Waals surface area contributed by atoms with Crippen LogP contribution in [-0.2, 0) is 12.0 Å². The van der Waals surface area contributed by atoms with Crippen LogP contribution >= 0.6 is 11.9 Å². The van der Waals surface area contributed by atoms with Crippen LogP contribution in [0.15, 0.2) is 18.2 Å². The fourth-order valence-corrected chi connectivity index (χ4v) is 3.97. The third-order valence-electron chi connectivity index (χ3n) is 4.92. The second-order valence-electron chi connectivity index (χ2n) is 8.11. The van der Waals surface area contributed by atoms with Crippen molar-refractivity contribution in [3.05, 3.63) is 24.0 Å². The number of imidazole rings is 1. The third kappa shape index (κ3) is 4.10. The van der Waals surface area contributed by atoms with Crippen LogP contribution in [0.4, 0.5) is 14.5 Å². The second kappa shape index (κ2) is 6.78. The van der Waals surface area contributed by atoms with Crippen molar-refractivity contribution in [1.29, 1.82) is 0 Å². The van der Waals surface area contributed by atoms with Crippen LogP contribution in [0.5, 0.6) is 0 Å². The lowest BCUT2D eigenvalue weighted by Gasteiger charge is -2.30. The molecule has 0 bridgehead atoms. The average Bonchev–Trinajstić information content (AvgIpc) is 2.88. The van der Waals surface area contributed by atoms with Crippen molar-refractivity contribution in [2.45, 2.75) is 64.3 Å². The van der Waals surface area contributed by atoms with Crippen LogP contribution in [0.2, 0.25) is 0 Å². The maximum Gasteiger partial charge on any atom is 0.248 e. The maximum atomic E-state index is 13.5. The highest BCUT2D eigenvalue weighted by Gasteiger charge is 2.35. The molecule has 3 nitrogen and oxygen atoms in total. The predicted molar refractivity (Wildman–Crippen MR) is 102 cm³/mol. The summed E-state index contributed by atoms with van der Waals surface area (Å²) in [6, 6.07) is 6.21. The summed E-state index contributed by atoms with van der Waals surface area (Å²) >= 11 is 1.55. The Kier molecular flexibility index (Phi) is 5.02. The summed E-state index contributed by atoms with van der Waals surface area (Å²) < 4.78 is 32.4. The van der Waals surface area contributed by atoms with Gasteiger partial charge < -0.3 is 9.29 Å². The van der Waals surface area contributed by atoms with Gasteiger partial charge in [-0.05, 0) is 37.0 Å². The number of anilines is 1. The van der Waals surface area contributed by atoms with E-state index in [0.717, 1.165) is 29.1 Å². The first kappa shape index (κ1) is 18.5. The van der Waals surface area contributed by atoms with Gasteiger partial charge >= 0.3 is 0 Å². The number of fused-ring (bicyclic) bond motifs is 1. The summed E-state index contributed by atoms with van der Waals surface area (Å²) in [6.45, 7) is 7.23. The first-order chi connectivity index (χ1) is 11.7. The van der Waals surface area contributed by atoms with E-state index in [0.29, 0.717) is 18.8 Å². The molecule has 1 aromatic carbocycles. The monoisotopic (exact) mass is 367 g/mol. The first-order valence-corrected chi connectivity index (χ1v) is 10.1. The molecule has 0 amide bonds. The van der Waals surface area contributed by atoms with Crippen LogP contribution in [0.25, 0.3) is 11.0 Å². The molecule has 2 aromatic rings. The largest absolute Gasteiger partial charge is 0.330 e. The highest BCUT2D eigenvalue weighted by atomic mass is 32.2. The number of halogens is 2. The number of hydrogen-bond donors (Lipinski definition) is 1. The molecule has 3 rings (SSSR count). The fraction of sp³-hybridized carbons (Fsp3) is 0.632. The molecule has 1 saturated carbocycles. The molecule has 0 aliphatic heterocycles. The summed E-state index contributed by atoms with van der Waals surface area (Å²) in [5, 5.41) is 0. The molecular weight excluding hydrogens is 340 g/mol. The van der Waals surface area contributed by atoms with E-state index in [-0.39, 0.29) is 18.3 Å². The van der Waals surface area contributed by atoms with Gasteiger partial charge in [0, 0.05) is 36.7 Å². The van der Waals surface area contributed by atoms with Crippen molar-refractivity contribution in [2.24, 2.45) is 5.92 Å². The first-order valence-electron chi connectivity index (χ1n) is 8.87. The SMILES string of the molecule is CSNc1ccc2c(c1)nc(C(C)(C)C)n2CC1CCC(F)(F)CC1. The Morgan fingerprint density at radius 2 is 1.96 bits per heavy atom. The molecule has 1 aromatic heterocycles. The molecule has 6 heteroatoms. The predicted octanol–water partition coefficient (Wildman–Crippen LogP) is 5.85. The number of alkyl halides is 2. The van der Waals surface area contributed by atoms with E-state index in [1.54, 1.807) is 11.9 Å². The second-order valence-corrected chi connectivity index (χ2v) is 8.72. The molecule has 0 spiro atoms. The molecular formula is C19H27F2N3S. The number of rotatable bonds is 4. The van der Waals surface area contributed by atoms with Gasteiger partial charge in [-0.15, -0.1) is 0 Å². The molecule has 1 N–H and O–H groups in total. The topological polar surface area (TPSA) is 29.9 Å². The number of nitrogens with zero attached hydrogens (tertiary/aromatic N) is 2. The molecule has 1 fully saturated rings. The van der Waals surface area contributed by atoms with Crippen molar-refractivity contribution in [3.8, 4) is 0 Å². The molecule has 138 valence electrons. The van der Waals surface area contributed by atoms with Crippen molar-refractivity contribution < 1.29 is 8.78 Å². The third-order valence-corrected chi connectivity index (χ3v) is 5.36. The minimum absolute atomic E-state index is 0.0109. The number of aromatic nitrogens is 2. The van der Waals surface area contributed by atoms with E-state index >= 15 is 0 Å². The smallest absolute Gasteiger partial charge is 0.248 e. The molecule has 0 radical (unpaired) electrons. The molecule has 1 aliphatic rings. The van der Waals surface area contributed by atoms with E-state index in [2.05, 4.69) is 48.3 Å². The highest BCUT2D eigenvalue weighted by molar-refractivity contribution is 7.99. The van der Waals surface area contributed by atoms with Gasteiger partial charge in [-0.2, -0.15) is 0 Å². The Morgan fingerprint density at radius 1 is 1.28 bits per heavy atom. The molecule has 1 aliphatic carbocycles. The molecule has 0 saturated heterocycles. The zero-order valence-electron chi connectivity index (χ0n) is 15.4. The van der Waals surface area contributed by atoms with Crippen LogP contribution in [0.1, 0.15) is 52.3 Å². The van der Waals surface area contributed by atoms with Crippen LogP contribution < -0.4 is 4.72 Å². The Balaban J connectivity index is 1.94. The van der Waals surface area contributed by atoms with E-state index in [1.165, 1.54) is 0 Å². The Hall–Kier alpha value is -1.30.